The fourth-order valence-corrected chi connectivity index (χ4v) is 6.51. The van der Waals surface area contributed by atoms with Crippen LogP contribution >= 0.6 is 7.82 Å². The lowest BCUT2D eigenvalue weighted by molar-refractivity contribution is -0.147. The Labute approximate surface area is 196 Å². The van der Waals surface area contributed by atoms with Crippen LogP contribution in [0.15, 0.2) is 60.7 Å². The largest absolute Gasteiger partial charge is 0.587 e. The first-order valence-corrected chi connectivity index (χ1v) is 13.5. The summed E-state index contributed by atoms with van der Waals surface area (Å²) < 4.78 is 37.8. The van der Waals surface area contributed by atoms with Crippen molar-refractivity contribution in [2.75, 3.05) is 19.8 Å². The van der Waals surface area contributed by atoms with E-state index in [9.17, 15) is 4.57 Å². The van der Waals surface area contributed by atoms with Gasteiger partial charge in [-0.25, -0.2) is 4.57 Å². The summed E-state index contributed by atoms with van der Waals surface area (Å²) in [5.41, 5.74) is 0. The smallest absolute Gasteiger partial charge is 0.395 e. The fraction of sp³-hybridized carbons (Fsp3) is 0.520. The van der Waals surface area contributed by atoms with Crippen LogP contribution in [0.2, 0.25) is 0 Å². The summed E-state index contributed by atoms with van der Waals surface area (Å²) in [6.45, 7) is 2.71. The van der Waals surface area contributed by atoms with Crippen molar-refractivity contribution in [2.45, 2.75) is 56.9 Å². The van der Waals surface area contributed by atoms with E-state index in [0.717, 1.165) is 38.8 Å². The number of hydrogen-bond donors (Lipinski definition) is 1. The van der Waals surface area contributed by atoms with Crippen LogP contribution in [0.1, 0.15) is 38.5 Å². The number of nitrogens with one attached hydrogen (secondary N) is 1. The van der Waals surface area contributed by atoms with Crippen LogP contribution in [0, 0.1) is 5.92 Å². The molecule has 0 spiro atoms. The zero-order chi connectivity index (χ0) is 22.5. The number of benzene rings is 2. The number of nitrogens with zero attached hydrogens (tertiary/aromatic N) is 1. The second kappa shape index (κ2) is 10.6. The molecule has 4 atom stereocenters. The molecule has 33 heavy (non-hydrogen) atoms. The number of phosphoric acid groups is 1. The number of hydrogen-bond acceptors (Lipinski definition) is 7. The molecule has 0 bridgehead atoms. The molecule has 3 aliphatic rings. The normalized spacial score (nSPS) is 28.6. The van der Waals surface area contributed by atoms with Gasteiger partial charge in [0, 0.05) is 12.5 Å². The van der Waals surface area contributed by atoms with E-state index in [1.54, 1.807) is 24.3 Å². The molecular formula is C25H33N2O5P. The highest BCUT2D eigenvalue weighted by Gasteiger charge is 2.42. The average Bonchev–Trinajstić information content (AvgIpc) is 2.85. The lowest BCUT2D eigenvalue weighted by Crippen LogP contribution is -2.56. The van der Waals surface area contributed by atoms with Crippen LogP contribution in [0.5, 0.6) is 11.5 Å². The summed E-state index contributed by atoms with van der Waals surface area (Å²) in [7, 11) is -3.89. The van der Waals surface area contributed by atoms with Gasteiger partial charge in [0.25, 0.3) is 0 Å². The van der Waals surface area contributed by atoms with E-state index in [-0.39, 0.29) is 12.2 Å². The Kier molecular flexibility index (Phi) is 7.34. The van der Waals surface area contributed by atoms with E-state index in [1.165, 1.54) is 12.8 Å². The second-order valence-corrected chi connectivity index (χ2v) is 10.6. The zero-order valence-corrected chi connectivity index (χ0v) is 19.8. The Bertz CT molecular complexity index is 879. The van der Waals surface area contributed by atoms with E-state index in [4.69, 9.17) is 18.3 Å². The topological polar surface area (TPSA) is 69.3 Å². The quantitative estimate of drug-likeness (QED) is 0.556. The lowest BCUT2D eigenvalue weighted by atomic mass is 9.83. The van der Waals surface area contributed by atoms with Crippen LogP contribution in [0.4, 0.5) is 0 Å². The van der Waals surface area contributed by atoms with Crippen molar-refractivity contribution in [2.24, 2.45) is 5.92 Å². The number of fused-ring (bicyclic) bond motifs is 1. The molecule has 0 radical (unpaired) electrons. The van der Waals surface area contributed by atoms with Gasteiger partial charge in [-0.2, -0.15) is 0 Å². The lowest BCUT2D eigenvalue weighted by Gasteiger charge is -2.46. The summed E-state index contributed by atoms with van der Waals surface area (Å²) in [6.07, 6.45) is 6.48. The summed E-state index contributed by atoms with van der Waals surface area (Å²) in [5, 5.41) is 3.62. The molecule has 5 rings (SSSR count). The van der Waals surface area contributed by atoms with Crippen LogP contribution in [0.25, 0.3) is 0 Å². The van der Waals surface area contributed by atoms with E-state index < -0.39 is 7.82 Å². The molecule has 1 aliphatic carbocycles. The average molecular weight is 473 g/mol. The Hall–Kier alpha value is -1.89. The van der Waals surface area contributed by atoms with Crippen molar-refractivity contribution >= 4 is 7.82 Å². The first-order chi connectivity index (χ1) is 16.2. The maximum atomic E-state index is 13.8. The molecule has 7 nitrogen and oxygen atoms in total. The summed E-state index contributed by atoms with van der Waals surface area (Å²) in [6, 6.07) is 18.1. The molecule has 1 saturated carbocycles. The van der Waals surface area contributed by atoms with Crippen LogP contribution in [-0.2, 0) is 13.8 Å². The van der Waals surface area contributed by atoms with E-state index in [0.29, 0.717) is 30.3 Å². The number of ether oxygens (including phenoxy) is 1. The van der Waals surface area contributed by atoms with E-state index in [2.05, 4.69) is 10.2 Å². The SMILES string of the molecule is O=P(Oc1ccccc1)(Oc1ccccc1)OC1CCC2OCN(C3CCCCN3)CC2C1. The highest BCUT2D eigenvalue weighted by Crippen LogP contribution is 2.52. The third kappa shape index (κ3) is 5.97. The van der Waals surface area contributed by atoms with Gasteiger partial charge in [-0.15, -0.1) is 0 Å². The molecule has 1 N–H and O–H groups in total. The standard InChI is InChI=1S/C25H33N2O5P/c28-33(30-21-9-3-1-4-10-21,31-22-11-5-2-6-12-22)32-23-14-15-24-20(17-23)18-27(19-29-24)25-13-7-8-16-26-25/h1-6,9-12,20,23-26H,7-8,13-19H2. The van der Waals surface area contributed by atoms with Gasteiger partial charge in [0.05, 0.1) is 18.4 Å². The fourth-order valence-electron chi connectivity index (χ4n) is 5.07. The summed E-state index contributed by atoms with van der Waals surface area (Å²) in [4.78, 5) is 2.41. The molecule has 2 aromatic carbocycles. The van der Waals surface area contributed by atoms with Crippen molar-refractivity contribution in [1.29, 1.82) is 0 Å². The Morgan fingerprint density at radius 3 is 2.24 bits per heavy atom. The summed E-state index contributed by atoms with van der Waals surface area (Å²) in [5.74, 6) is 1.25. The van der Waals surface area contributed by atoms with Gasteiger partial charge in [-0.05, 0) is 69.3 Å². The van der Waals surface area contributed by atoms with E-state index >= 15 is 0 Å². The monoisotopic (exact) mass is 472 g/mol. The molecule has 2 aliphatic heterocycles. The number of para-hydroxylation sites is 2. The predicted molar refractivity (Wildman–Crippen MR) is 126 cm³/mol. The highest BCUT2D eigenvalue weighted by molar-refractivity contribution is 7.49. The molecule has 2 saturated heterocycles. The molecule has 2 aromatic rings. The van der Waals surface area contributed by atoms with Gasteiger partial charge in [-0.3, -0.25) is 9.42 Å². The molecule has 2 heterocycles. The third-order valence-electron chi connectivity index (χ3n) is 6.71. The first kappa shape index (κ1) is 22.9. The third-order valence-corrected chi connectivity index (χ3v) is 8.14. The van der Waals surface area contributed by atoms with Gasteiger partial charge in [0.2, 0.25) is 0 Å². The maximum Gasteiger partial charge on any atom is 0.587 e. The van der Waals surface area contributed by atoms with Gasteiger partial charge in [0.1, 0.15) is 18.2 Å². The molecule has 3 fully saturated rings. The minimum absolute atomic E-state index is 0.215. The molecule has 4 unspecified atom stereocenters. The van der Waals surface area contributed by atoms with Crippen LogP contribution in [0.3, 0.4) is 0 Å². The van der Waals surface area contributed by atoms with Crippen molar-refractivity contribution in [3.63, 3.8) is 0 Å². The van der Waals surface area contributed by atoms with Gasteiger partial charge >= 0.3 is 7.82 Å². The van der Waals surface area contributed by atoms with E-state index in [1.807, 2.05) is 36.4 Å². The minimum atomic E-state index is -3.89. The molecular weight excluding hydrogens is 439 g/mol. The van der Waals surface area contributed by atoms with Crippen molar-refractivity contribution < 1.29 is 22.9 Å². The number of phosphoric ester groups is 1. The highest BCUT2D eigenvalue weighted by atomic mass is 31.2. The number of rotatable bonds is 7. The second-order valence-electron chi connectivity index (χ2n) is 9.13. The van der Waals surface area contributed by atoms with Gasteiger partial charge in [0.15, 0.2) is 0 Å². The van der Waals surface area contributed by atoms with Crippen molar-refractivity contribution in [3.05, 3.63) is 60.7 Å². The van der Waals surface area contributed by atoms with Gasteiger partial charge < -0.3 is 19.1 Å². The summed E-state index contributed by atoms with van der Waals surface area (Å²) >= 11 is 0. The van der Waals surface area contributed by atoms with Crippen molar-refractivity contribution in [1.82, 2.24) is 10.2 Å². The van der Waals surface area contributed by atoms with Crippen LogP contribution in [-0.4, -0.2) is 43.1 Å². The number of piperidine rings is 1. The van der Waals surface area contributed by atoms with Gasteiger partial charge in [-0.1, -0.05) is 36.4 Å². The van der Waals surface area contributed by atoms with Crippen LogP contribution < -0.4 is 14.4 Å². The predicted octanol–water partition coefficient (Wildman–Crippen LogP) is 5.20. The first-order valence-electron chi connectivity index (χ1n) is 12.0. The molecule has 8 heteroatoms. The molecule has 178 valence electrons. The minimum Gasteiger partial charge on any atom is -0.395 e. The zero-order valence-electron chi connectivity index (χ0n) is 18.9. The Balaban J connectivity index is 1.27. The Morgan fingerprint density at radius 2 is 1.61 bits per heavy atom. The Morgan fingerprint density at radius 1 is 0.909 bits per heavy atom. The van der Waals surface area contributed by atoms with Crippen molar-refractivity contribution in [3.8, 4) is 11.5 Å². The molecule has 0 aromatic heterocycles. The molecule has 0 amide bonds. The maximum absolute atomic E-state index is 13.8.